The SMILES string of the molecule is CCC(=O)N[C@@H](CCC(=O)NCCOCCOCC(=O)NCCOCCOCC(=O)NCCOCCOCC(=O)ON1C(=O)CCC1=O)C(=O)O. The average molecular weight is 736 g/mol. The van der Waals surface area contributed by atoms with Crippen LogP contribution in [0.4, 0.5) is 0 Å². The molecule has 51 heavy (non-hydrogen) atoms. The number of hydrogen-bond donors (Lipinski definition) is 5. The van der Waals surface area contributed by atoms with Gasteiger partial charge in [0.2, 0.25) is 23.6 Å². The van der Waals surface area contributed by atoms with Gasteiger partial charge in [-0.3, -0.25) is 28.8 Å². The van der Waals surface area contributed by atoms with Crippen molar-refractivity contribution < 1.29 is 76.7 Å². The van der Waals surface area contributed by atoms with Gasteiger partial charge in [0.05, 0.1) is 59.5 Å². The van der Waals surface area contributed by atoms with Crippen molar-refractivity contribution in [1.29, 1.82) is 0 Å². The third kappa shape index (κ3) is 23.7. The zero-order chi connectivity index (χ0) is 37.7. The molecule has 1 fully saturated rings. The Kier molecular flexibility index (Phi) is 24.9. The second kappa shape index (κ2) is 28.4. The van der Waals surface area contributed by atoms with Gasteiger partial charge in [-0.2, -0.15) is 0 Å². The number of rotatable bonds is 31. The van der Waals surface area contributed by atoms with Gasteiger partial charge in [-0.05, 0) is 6.42 Å². The minimum absolute atomic E-state index is 0.00331. The van der Waals surface area contributed by atoms with Crippen molar-refractivity contribution in [3.63, 3.8) is 0 Å². The molecule has 0 radical (unpaired) electrons. The van der Waals surface area contributed by atoms with Crippen LogP contribution in [-0.4, -0.2) is 163 Å². The summed E-state index contributed by atoms with van der Waals surface area (Å²) in [6.45, 7) is 2.95. The number of carboxylic acid groups (broad SMARTS) is 1. The van der Waals surface area contributed by atoms with Crippen LogP contribution in [0.3, 0.4) is 0 Å². The normalized spacial score (nSPS) is 13.1. The van der Waals surface area contributed by atoms with Gasteiger partial charge >= 0.3 is 11.9 Å². The van der Waals surface area contributed by atoms with Crippen LogP contribution in [0.25, 0.3) is 0 Å². The van der Waals surface area contributed by atoms with Crippen LogP contribution in [0.2, 0.25) is 0 Å². The Morgan fingerprint density at radius 2 is 1.06 bits per heavy atom. The summed E-state index contributed by atoms with van der Waals surface area (Å²) in [5, 5.41) is 19.7. The first-order chi connectivity index (χ1) is 24.5. The second-order valence-corrected chi connectivity index (χ2v) is 10.4. The summed E-state index contributed by atoms with van der Waals surface area (Å²) < 4.78 is 31.4. The lowest BCUT2D eigenvalue weighted by molar-refractivity contribution is -0.200. The molecular weight excluding hydrogens is 686 g/mol. The number of hydrogen-bond acceptors (Lipinski definition) is 15. The zero-order valence-corrected chi connectivity index (χ0v) is 28.7. The first kappa shape index (κ1) is 44.7. The Hall–Kier alpha value is -4.28. The molecule has 0 unspecified atom stereocenters. The van der Waals surface area contributed by atoms with E-state index in [1.165, 1.54) is 0 Å². The molecule has 0 aromatic heterocycles. The first-order valence-corrected chi connectivity index (χ1v) is 16.4. The third-order valence-electron chi connectivity index (χ3n) is 6.32. The molecule has 21 nitrogen and oxygen atoms in total. The van der Waals surface area contributed by atoms with E-state index in [0.717, 1.165) is 0 Å². The van der Waals surface area contributed by atoms with Crippen molar-refractivity contribution in [2.75, 3.05) is 98.9 Å². The molecule has 0 aromatic carbocycles. The fourth-order valence-corrected chi connectivity index (χ4v) is 3.74. The van der Waals surface area contributed by atoms with E-state index in [-0.39, 0.29) is 142 Å². The molecule has 1 aliphatic heterocycles. The number of nitrogens with zero attached hydrogens (tertiary/aromatic N) is 1. The highest BCUT2D eigenvalue weighted by Gasteiger charge is 2.32. The Labute approximate surface area is 294 Å². The number of carbonyl (C=O) groups excluding carboxylic acids is 7. The van der Waals surface area contributed by atoms with Crippen LogP contribution < -0.4 is 21.3 Å². The van der Waals surface area contributed by atoms with E-state index in [1.807, 2.05) is 0 Å². The smallest absolute Gasteiger partial charge is 0.358 e. The van der Waals surface area contributed by atoms with Gasteiger partial charge in [-0.1, -0.05) is 6.92 Å². The van der Waals surface area contributed by atoms with E-state index in [9.17, 15) is 38.4 Å². The molecule has 290 valence electrons. The molecule has 0 saturated carbocycles. The monoisotopic (exact) mass is 735 g/mol. The van der Waals surface area contributed by atoms with Gasteiger partial charge in [0.25, 0.3) is 11.8 Å². The number of ether oxygens (including phenoxy) is 6. The van der Waals surface area contributed by atoms with E-state index < -0.39 is 42.3 Å². The summed E-state index contributed by atoms with van der Waals surface area (Å²) in [6, 6.07) is -1.13. The summed E-state index contributed by atoms with van der Waals surface area (Å²) >= 11 is 0. The number of amides is 6. The summed E-state index contributed by atoms with van der Waals surface area (Å²) in [5.41, 5.74) is 0. The van der Waals surface area contributed by atoms with Crippen LogP contribution in [0.5, 0.6) is 0 Å². The highest BCUT2D eigenvalue weighted by Crippen LogP contribution is 2.12. The highest BCUT2D eigenvalue weighted by molar-refractivity contribution is 6.01. The van der Waals surface area contributed by atoms with Crippen molar-refractivity contribution in [3.8, 4) is 0 Å². The molecular formula is C30H49N5O16. The van der Waals surface area contributed by atoms with Crippen LogP contribution in [0.15, 0.2) is 0 Å². The van der Waals surface area contributed by atoms with Crippen molar-refractivity contribution in [2.45, 2.75) is 45.1 Å². The number of hydroxylamine groups is 2. The molecule has 1 saturated heterocycles. The molecule has 6 amide bonds. The summed E-state index contributed by atoms with van der Waals surface area (Å²) in [7, 11) is 0. The van der Waals surface area contributed by atoms with Crippen LogP contribution in [0, 0.1) is 0 Å². The molecule has 5 N–H and O–H groups in total. The lowest BCUT2D eigenvalue weighted by Gasteiger charge is -2.13. The van der Waals surface area contributed by atoms with E-state index in [1.54, 1.807) is 6.92 Å². The highest BCUT2D eigenvalue weighted by atomic mass is 16.7. The van der Waals surface area contributed by atoms with E-state index in [0.29, 0.717) is 5.06 Å². The predicted octanol–water partition coefficient (Wildman–Crippen LogP) is -3.20. The summed E-state index contributed by atoms with van der Waals surface area (Å²) in [6.07, 6.45) is 0.0471. The van der Waals surface area contributed by atoms with Crippen molar-refractivity contribution in [2.24, 2.45) is 0 Å². The largest absolute Gasteiger partial charge is 0.480 e. The number of carbonyl (C=O) groups is 8. The molecule has 1 atom stereocenters. The standard InChI is InChI=1S/C30H49N5O16/c1-2-23(36)34-22(30(43)44)3-4-24(37)31-7-10-45-13-16-48-19-25(38)32-8-11-46-14-17-49-20-26(39)33-9-12-47-15-18-50-21-29(42)51-35-27(40)5-6-28(35)41/h22H,2-21H2,1H3,(H,31,37)(H,32,38)(H,33,39)(H,34,36)(H,43,44)/t22-/m0/s1. The van der Waals surface area contributed by atoms with Crippen molar-refractivity contribution in [1.82, 2.24) is 26.3 Å². The van der Waals surface area contributed by atoms with Crippen molar-refractivity contribution >= 4 is 47.4 Å². The Bertz CT molecular complexity index is 1110. The van der Waals surface area contributed by atoms with Crippen molar-refractivity contribution in [3.05, 3.63) is 0 Å². The zero-order valence-electron chi connectivity index (χ0n) is 28.7. The van der Waals surface area contributed by atoms with Gasteiger partial charge in [-0.15, -0.1) is 5.06 Å². The molecule has 1 rings (SSSR count). The fraction of sp³-hybridized carbons (Fsp3) is 0.733. The Morgan fingerprint density at radius 1 is 0.627 bits per heavy atom. The van der Waals surface area contributed by atoms with Gasteiger partial charge in [0.15, 0.2) is 0 Å². The Balaban J connectivity index is 1.84. The minimum atomic E-state index is -1.21. The quantitative estimate of drug-likeness (QED) is 0.0346. The third-order valence-corrected chi connectivity index (χ3v) is 6.32. The van der Waals surface area contributed by atoms with E-state index in [2.05, 4.69) is 26.1 Å². The molecule has 0 aliphatic carbocycles. The van der Waals surface area contributed by atoms with Crippen LogP contribution in [0.1, 0.15) is 39.0 Å². The summed E-state index contributed by atoms with van der Waals surface area (Å²) in [5.74, 6) is -4.72. The second-order valence-electron chi connectivity index (χ2n) is 10.4. The van der Waals surface area contributed by atoms with Gasteiger partial charge < -0.3 is 59.6 Å². The maximum atomic E-state index is 11.9. The van der Waals surface area contributed by atoms with E-state index in [4.69, 9.17) is 33.5 Å². The average Bonchev–Trinajstić information content (AvgIpc) is 3.41. The van der Waals surface area contributed by atoms with Gasteiger partial charge in [-0.25, -0.2) is 9.59 Å². The topological polar surface area (TPSA) is 273 Å². The molecule has 0 aromatic rings. The maximum Gasteiger partial charge on any atom is 0.358 e. The Morgan fingerprint density at radius 3 is 1.51 bits per heavy atom. The van der Waals surface area contributed by atoms with Gasteiger partial charge in [0, 0.05) is 45.3 Å². The molecule has 1 heterocycles. The first-order valence-electron chi connectivity index (χ1n) is 16.4. The molecule has 21 heteroatoms. The molecule has 1 aliphatic rings. The number of imide groups is 1. The van der Waals surface area contributed by atoms with Crippen LogP contribution in [-0.2, 0) is 71.6 Å². The number of aliphatic carboxylic acids is 1. The van der Waals surface area contributed by atoms with Crippen LogP contribution >= 0.6 is 0 Å². The molecule has 0 spiro atoms. The minimum Gasteiger partial charge on any atom is -0.480 e. The summed E-state index contributed by atoms with van der Waals surface area (Å²) in [4.78, 5) is 97.0. The molecule has 0 bridgehead atoms. The maximum absolute atomic E-state index is 11.9. The lowest BCUT2D eigenvalue weighted by atomic mass is 10.1. The number of carboxylic acids is 1. The lowest BCUT2D eigenvalue weighted by Crippen LogP contribution is -2.41. The predicted molar refractivity (Wildman–Crippen MR) is 170 cm³/mol. The van der Waals surface area contributed by atoms with E-state index >= 15 is 0 Å². The van der Waals surface area contributed by atoms with Gasteiger partial charge in [0.1, 0.15) is 25.9 Å². The fourth-order valence-electron chi connectivity index (χ4n) is 3.74. The number of nitrogens with one attached hydrogen (secondary N) is 4.